The van der Waals surface area contributed by atoms with Crippen molar-refractivity contribution < 1.29 is 19.5 Å². The second-order valence-electron chi connectivity index (χ2n) is 7.25. The summed E-state index contributed by atoms with van der Waals surface area (Å²) in [4.78, 5) is 37.2. The fourth-order valence-corrected chi connectivity index (χ4v) is 4.60. The lowest BCUT2D eigenvalue weighted by Gasteiger charge is -2.14. The number of carboxylic acids is 1. The predicted octanol–water partition coefficient (Wildman–Crippen LogP) is 4.97. The molecule has 1 aromatic carbocycles. The zero-order valence-corrected chi connectivity index (χ0v) is 20.5. The van der Waals surface area contributed by atoms with Crippen LogP contribution in [0.25, 0.3) is 6.08 Å². The van der Waals surface area contributed by atoms with Gasteiger partial charge in [0.2, 0.25) is 5.91 Å². The number of carbonyl (C=O) groups is 3. The fourth-order valence-electron chi connectivity index (χ4n) is 3.03. The number of amides is 2. The Balaban J connectivity index is 1.61. The average molecular weight is 528 g/mol. The Labute approximate surface area is 201 Å². The molecule has 0 aromatic heterocycles. The van der Waals surface area contributed by atoms with Gasteiger partial charge in [-0.3, -0.25) is 19.3 Å². The smallest absolute Gasteiger partial charge is 0.303 e. The molecule has 9 heteroatoms. The number of benzene rings is 1. The molecule has 1 fully saturated rings. The molecule has 0 unspecified atom stereocenters. The number of thiocarbonyl (C=S) groups is 1. The molecule has 1 aliphatic rings. The molecule has 31 heavy (non-hydrogen) atoms. The summed E-state index contributed by atoms with van der Waals surface area (Å²) in [6, 6.07) is 7.75. The molecular formula is C22H27BrN2O4S2. The van der Waals surface area contributed by atoms with Gasteiger partial charge in [0.25, 0.3) is 5.91 Å². The second-order valence-corrected chi connectivity index (χ2v) is 9.84. The maximum atomic E-state index is 12.6. The van der Waals surface area contributed by atoms with Crippen LogP contribution in [0.1, 0.15) is 56.9 Å². The molecule has 0 aliphatic carbocycles. The summed E-state index contributed by atoms with van der Waals surface area (Å²) < 4.78 is 1.57. The normalized spacial score (nSPS) is 15.0. The minimum absolute atomic E-state index is 0.0151. The third kappa shape index (κ3) is 9.53. The highest BCUT2D eigenvalue weighted by Crippen LogP contribution is 2.32. The Morgan fingerprint density at radius 1 is 1.06 bits per heavy atom. The number of hydrogen-bond acceptors (Lipinski definition) is 5. The van der Waals surface area contributed by atoms with Crippen LogP contribution in [0.3, 0.4) is 0 Å². The number of carboxylic acid groups (broad SMARTS) is 1. The van der Waals surface area contributed by atoms with Crippen molar-refractivity contribution in [3.63, 3.8) is 0 Å². The van der Waals surface area contributed by atoms with Crippen molar-refractivity contribution in [2.24, 2.45) is 0 Å². The molecule has 2 amide bonds. The van der Waals surface area contributed by atoms with Gasteiger partial charge >= 0.3 is 5.97 Å². The zero-order chi connectivity index (χ0) is 22.6. The average Bonchev–Trinajstić information content (AvgIpc) is 2.99. The summed E-state index contributed by atoms with van der Waals surface area (Å²) in [6.07, 6.45) is 7.11. The van der Waals surface area contributed by atoms with Crippen LogP contribution in [0, 0.1) is 0 Å². The molecule has 0 atom stereocenters. The Morgan fingerprint density at radius 3 is 2.45 bits per heavy atom. The number of aliphatic carboxylic acids is 1. The van der Waals surface area contributed by atoms with Gasteiger partial charge in [0.15, 0.2) is 0 Å². The molecule has 2 rings (SSSR count). The topological polar surface area (TPSA) is 86.7 Å². The number of rotatable bonds is 13. The largest absolute Gasteiger partial charge is 0.481 e. The predicted molar refractivity (Wildman–Crippen MR) is 132 cm³/mol. The van der Waals surface area contributed by atoms with Crippen LogP contribution in [-0.2, 0) is 14.4 Å². The first-order valence-electron chi connectivity index (χ1n) is 10.4. The number of nitrogens with zero attached hydrogens (tertiary/aromatic N) is 1. The molecule has 1 aromatic rings. The third-order valence-electron chi connectivity index (χ3n) is 4.72. The van der Waals surface area contributed by atoms with E-state index in [1.807, 2.05) is 30.3 Å². The monoisotopic (exact) mass is 526 g/mol. The number of nitrogens with one attached hydrogen (secondary N) is 1. The van der Waals surface area contributed by atoms with Gasteiger partial charge in [-0.25, -0.2) is 0 Å². The number of unbranched alkanes of at least 4 members (excludes halogenated alkanes) is 4. The minimum atomic E-state index is -0.782. The van der Waals surface area contributed by atoms with Gasteiger partial charge in [-0.15, -0.1) is 0 Å². The van der Waals surface area contributed by atoms with Crippen LogP contribution >= 0.6 is 39.9 Å². The first-order chi connectivity index (χ1) is 14.9. The van der Waals surface area contributed by atoms with Gasteiger partial charge in [0.05, 0.1) is 4.91 Å². The molecule has 168 valence electrons. The van der Waals surface area contributed by atoms with Crippen LogP contribution in [0.15, 0.2) is 33.6 Å². The van der Waals surface area contributed by atoms with Crippen molar-refractivity contribution in [3.05, 3.63) is 39.2 Å². The van der Waals surface area contributed by atoms with E-state index in [2.05, 4.69) is 21.2 Å². The molecule has 6 nitrogen and oxygen atoms in total. The van der Waals surface area contributed by atoms with E-state index in [-0.39, 0.29) is 18.2 Å². The molecule has 1 aliphatic heterocycles. The number of carbonyl (C=O) groups excluding carboxylic acids is 2. The lowest BCUT2D eigenvalue weighted by molar-refractivity contribution is -0.137. The molecule has 0 radical (unpaired) electrons. The standard InChI is InChI=1S/C22H27BrN2O4S2/c23-17-11-9-16(10-12-17)15-18-21(29)25(22(30)31-18)14-6-2-3-7-19(26)24-13-5-1-4-8-20(27)28/h9-12,15H,1-8,13-14H2,(H,24,26)(H,27,28)/b18-15-. The molecule has 0 spiro atoms. The highest BCUT2D eigenvalue weighted by Gasteiger charge is 2.31. The second kappa shape index (κ2) is 13.6. The summed E-state index contributed by atoms with van der Waals surface area (Å²) in [7, 11) is 0. The van der Waals surface area contributed by atoms with Gasteiger partial charge in [-0.2, -0.15) is 0 Å². The highest BCUT2D eigenvalue weighted by atomic mass is 79.9. The van der Waals surface area contributed by atoms with Gasteiger partial charge in [0, 0.05) is 30.4 Å². The van der Waals surface area contributed by atoms with E-state index in [0.717, 1.165) is 42.1 Å². The maximum Gasteiger partial charge on any atom is 0.303 e. The van der Waals surface area contributed by atoms with E-state index < -0.39 is 5.97 Å². The van der Waals surface area contributed by atoms with Crippen molar-refractivity contribution in [1.29, 1.82) is 0 Å². The summed E-state index contributed by atoms with van der Waals surface area (Å²) in [5.41, 5.74) is 0.955. The van der Waals surface area contributed by atoms with Gasteiger partial charge in [-0.05, 0) is 49.5 Å². The van der Waals surface area contributed by atoms with E-state index in [1.54, 1.807) is 4.90 Å². The Bertz CT molecular complexity index is 827. The van der Waals surface area contributed by atoms with E-state index in [1.165, 1.54) is 11.8 Å². The molecule has 1 saturated heterocycles. The molecule has 2 N–H and O–H groups in total. The summed E-state index contributed by atoms with van der Waals surface area (Å²) >= 11 is 10.1. The first-order valence-corrected chi connectivity index (χ1v) is 12.4. The number of halogens is 1. The Kier molecular flexibility index (Phi) is 11.2. The third-order valence-corrected chi connectivity index (χ3v) is 6.62. The quantitative estimate of drug-likeness (QED) is 0.214. The Morgan fingerprint density at radius 2 is 1.74 bits per heavy atom. The summed E-state index contributed by atoms with van der Waals surface area (Å²) in [6.45, 7) is 1.15. The molecule has 1 heterocycles. The Hall–Kier alpha value is -1.71. The van der Waals surface area contributed by atoms with Crippen molar-refractivity contribution in [2.75, 3.05) is 13.1 Å². The molecule has 0 bridgehead atoms. The first kappa shape index (κ1) is 25.5. The number of hydrogen-bond donors (Lipinski definition) is 2. The molecule has 0 saturated carbocycles. The highest BCUT2D eigenvalue weighted by molar-refractivity contribution is 9.10. The van der Waals surface area contributed by atoms with Crippen LogP contribution < -0.4 is 5.32 Å². The van der Waals surface area contributed by atoms with Gasteiger partial charge < -0.3 is 10.4 Å². The summed E-state index contributed by atoms with van der Waals surface area (Å²) in [5.74, 6) is -0.823. The lowest BCUT2D eigenvalue weighted by Crippen LogP contribution is -2.29. The van der Waals surface area contributed by atoms with Crippen molar-refractivity contribution >= 4 is 68.1 Å². The van der Waals surface area contributed by atoms with Gasteiger partial charge in [-0.1, -0.05) is 64.9 Å². The van der Waals surface area contributed by atoms with E-state index in [4.69, 9.17) is 17.3 Å². The van der Waals surface area contributed by atoms with Crippen LogP contribution in [0.2, 0.25) is 0 Å². The van der Waals surface area contributed by atoms with Crippen molar-refractivity contribution in [2.45, 2.75) is 51.4 Å². The summed E-state index contributed by atoms with van der Waals surface area (Å²) in [5, 5.41) is 11.4. The lowest BCUT2D eigenvalue weighted by atomic mass is 10.1. The SMILES string of the molecule is O=C(O)CCCCCNC(=O)CCCCCN1C(=O)/C(=C/c2ccc(Br)cc2)SC1=S. The van der Waals surface area contributed by atoms with E-state index in [9.17, 15) is 14.4 Å². The molecular weight excluding hydrogens is 500 g/mol. The van der Waals surface area contributed by atoms with E-state index >= 15 is 0 Å². The minimum Gasteiger partial charge on any atom is -0.481 e. The van der Waals surface area contributed by atoms with Crippen molar-refractivity contribution in [1.82, 2.24) is 10.2 Å². The zero-order valence-electron chi connectivity index (χ0n) is 17.3. The fraction of sp³-hybridized carbons (Fsp3) is 0.455. The van der Waals surface area contributed by atoms with Gasteiger partial charge in [0.1, 0.15) is 4.32 Å². The van der Waals surface area contributed by atoms with Crippen molar-refractivity contribution in [3.8, 4) is 0 Å². The number of thioether (sulfide) groups is 1. The van der Waals surface area contributed by atoms with E-state index in [0.29, 0.717) is 35.2 Å². The van der Waals surface area contributed by atoms with Crippen LogP contribution in [-0.4, -0.2) is 45.2 Å². The van der Waals surface area contributed by atoms with Crippen LogP contribution in [0.5, 0.6) is 0 Å². The maximum absolute atomic E-state index is 12.6. The van der Waals surface area contributed by atoms with Crippen LogP contribution in [0.4, 0.5) is 0 Å².